The van der Waals surface area contributed by atoms with Gasteiger partial charge in [-0.3, -0.25) is 14.7 Å². The van der Waals surface area contributed by atoms with E-state index in [4.69, 9.17) is 9.26 Å². The van der Waals surface area contributed by atoms with Gasteiger partial charge in [0.2, 0.25) is 5.76 Å². The fourth-order valence-corrected chi connectivity index (χ4v) is 3.72. The summed E-state index contributed by atoms with van der Waals surface area (Å²) in [5, 5.41) is 7.11. The second-order valence-corrected chi connectivity index (χ2v) is 6.77. The molecule has 0 radical (unpaired) electrons. The molecule has 1 unspecified atom stereocenters. The standard InChI is InChI=1S/C19H24N4O3/c24-19(18-14-5-1-2-6-15(14)22-26-18)21-13-17(16-7-3-4-8-20-16)23-9-11-25-12-10-23/h3-4,7-8,17H,1-2,5-6,9-13H2,(H,21,24). The van der Waals surface area contributed by atoms with Crippen LogP contribution in [0.3, 0.4) is 0 Å². The summed E-state index contributed by atoms with van der Waals surface area (Å²) in [5.41, 5.74) is 2.87. The minimum atomic E-state index is -0.185. The third-order valence-corrected chi connectivity index (χ3v) is 5.14. The van der Waals surface area contributed by atoms with E-state index in [-0.39, 0.29) is 11.9 Å². The molecule has 0 bridgehead atoms. The van der Waals surface area contributed by atoms with Gasteiger partial charge < -0.3 is 14.6 Å². The molecule has 0 aromatic carbocycles. The lowest BCUT2D eigenvalue weighted by molar-refractivity contribution is 0.0153. The molecule has 2 aliphatic rings. The number of fused-ring (bicyclic) bond motifs is 1. The zero-order valence-electron chi connectivity index (χ0n) is 14.8. The van der Waals surface area contributed by atoms with E-state index in [0.717, 1.165) is 55.7 Å². The SMILES string of the molecule is O=C(NCC(c1ccccn1)N1CCOCC1)c1onc2c1CCCC2. The van der Waals surface area contributed by atoms with Gasteiger partial charge in [0.15, 0.2) is 0 Å². The molecule has 138 valence electrons. The lowest BCUT2D eigenvalue weighted by Crippen LogP contribution is -2.44. The first-order valence-corrected chi connectivity index (χ1v) is 9.31. The highest BCUT2D eigenvalue weighted by Crippen LogP contribution is 2.24. The van der Waals surface area contributed by atoms with Crippen LogP contribution in [0.2, 0.25) is 0 Å². The molecular formula is C19H24N4O3. The van der Waals surface area contributed by atoms with E-state index in [9.17, 15) is 4.79 Å². The molecule has 0 saturated carbocycles. The maximum absolute atomic E-state index is 12.7. The molecule has 2 aromatic heterocycles. The topological polar surface area (TPSA) is 80.5 Å². The van der Waals surface area contributed by atoms with Crippen molar-refractivity contribution in [2.45, 2.75) is 31.7 Å². The Balaban J connectivity index is 1.47. The third kappa shape index (κ3) is 3.64. The summed E-state index contributed by atoms with van der Waals surface area (Å²) in [5.74, 6) is 0.191. The van der Waals surface area contributed by atoms with E-state index in [1.807, 2.05) is 18.2 Å². The molecule has 7 heteroatoms. The Morgan fingerprint density at radius 1 is 1.23 bits per heavy atom. The largest absolute Gasteiger partial charge is 0.379 e. The Morgan fingerprint density at radius 3 is 2.88 bits per heavy atom. The predicted molar refractivity (Wildman–Crippen MR) is 94.8 cm³/mol. The van der Waals surface area contributed by atoms with E-state index in [1.54, 1.807) is 6.20 Å². The molecule has 26 heavy (non-hydrogen) atoms. The van der Waals surface area contributed by atoms with Gasteiger partial charge in [-0.25, -0.2) is 0 Å². The third-order valence-electron chi connectivity index (χ3n) is 5.14. The summed E-state index contributed by atoms with van der Waals surface area (Å²) < 4.78 is 10.8. The van der Waals surface area contributed by atoms with Crippen LogP contribution in [0.5, 0.6) is 0 Å². The van der Waals surface area contributed by atoms with Crippen LogP contribution in [-0.2, 0) is 17.6 Å². The summed E-state index contributed by atoms with van der Waals surface area (Å²) >= 11 is 0. The summed E-state index contributed by atoms with van der Waals surface area (Å²) in [6, 6.07) is 5.90. The van der Waals surface area contributed by atoms with Crippen molar-refractivity contribution >= 4 is 5.91 Å². The second-order valence-electron chi connectivity index (χ2n) is 6.77. The van der Waals surface area contributed by atoms with Crippen molar-refractivity contribution in [1.29, 1.82) is 0 Å². The van der Waals surface area contributed by atoms with Gasteiger partial charge in [0.1, 0.15) is 0 Å². The zero-order valence-corrected chi connectivity index (χ0v) is 14.8. The van der Waals surface area contributed by atoms with Crippen molar-refractivity contribution in [1.82, 2.24) is 20.4 Å². The first kappa shape index (κ1) is 17.2. The maximum Gasteiger partial charge on any atom is 0.290 e. The molecule has 7 nitrogen and oxygen atoms in total. The van der Waals surface area contributed by atoms with Crippen LogP contribution in [0.4, 0.5) is 0 Å². The van der Waals surface area contributed by atoms with Crippen molar-refractivity contribution < 1.29 is 14.1 Å². The average molecular weight is 356 g/mol. The number of carbonyl (C=O) groups is 1. The second kappa shape index (κ2) is 7.97. The predicted octanol–water partition coefficient (Wildman–Crippen LogP) is 1.75. The lowest BCUT2D eigenvalue weighted by atomic mass is 9.96. The Labute approximate surface area is 152 Å². The molecule has 1 saturated heterocycles. The van der Waals surface area contributed by atoms with Crippen LogP contribution in [0, 0.1) is 0 Å². The fraction of sp³-hybridized carbons (Fsp3) is 0.526. The van der Waals surface area contributed by atoms with E-state index >= 15 is 0 Å². The molecule has 1 fully saturated rings. The Hall–Kier alpha value is -2.25. The summed E-state index contributed by atoms with van der Waals surface area (Å²) in [6.07, 6.45) is 5.75. The van der Waals surface area contributed by atoms with Crippen LogP contribution in [-0.4, -0.2) is 53.8 Å². The minimum absolute atomic E-state index is 0.0165. The monoisotopic (exact) mass is 356 g/mol. The summed E-state index contributed by atoms with van der Waals surface area (Å²) in [6.45, 7) is 3.54. The van der Waals surface area contributed by atoms with Gasteiger partial charge >= 0.3 is 0 Å². The number of nitrogens with one attached hydrogen (secondary N) is 1. The molecule has 1 aliphatic heterocycles. The average Bonchev–Trinajstić information content (AvgIpc) is 3.14. The van der Waals surface area contributed by atoms with Crippen molar-refractivity contribution in [3.05, 3.63) is 47.1 Å². The molecule has 1 atom stereocenters. The van der Waals surface area contributed by atoms with Crippen LogP contribution < -0.4 is 5.32 Å². The van der Waals surface area contributed by atoms with Gasteiger partial charge in [0, 0.05) is 31.4 Å². The first-order valence-electron chi connectivity index (χ1n) is 9.31. The quantitative estimate of drug-likeness (QED) is 0.879. The van der Waals surface area contributed by atoms with Gasteiger partial charge in [-0.1, -0.05) is 11.2 Å². The number of rotatable bonds is 5. The lowest BCUT2D eigenvalue weighted by Gasteiger charge is -2.34. The molecule has 1 N–H and O–H groups in total. The number of hydrogen-bond acceptors (Lipinski definition) is 6. The number of hydrogen-bond donors (Lipinski definition) is 1. The number of aryl methyl sites for hydroxylation is 1. The summed E-state index contributed by atoms with van der Waals surface area (Å²) in [7, 11) is 0. The minimum Gasteiger partial charge on any atom is -0.379 e. The Morgan fingerprint density at radius 2 is 2.08 bits per heavy atom. The first-order chi connectivity index (χ1) is 12.8. The molecule has 2 aromatic rings. The van der Waals surface area contributed by atoms with E-state index in [2.05, 4.69) is 20.4 Å². The van der Waals surface area contributed by atoms with Crippen LogP contribution in [0.15, 0.2) is 28.9 Å². The van der Waals surface area contributed by atoms with Gasteiger partial charge in [-0.2, -0.15) is 0 Å². The number of carbonyl (C=O) groups excluding carboxylic acids is 1. The highest BCUT2D eigenvalue weighted by Gasteiger charge is 2.27. The number of ether oxygens (including phenoxy) is 1. The van der Waals surface area contributed by atoms with Crippen molar-refractivity contribution in [3.63, 3.8) is 0 Å². The number of amides is 1. The van der Waals surface area contributed by atoms with Gasteiger partial charge in [-0.15, -0.1) is 0 Å². The zero-order chi connectivity index (χ0) is 17.8. The number of nitrogens with zero attached hydrogens (tertiary/aromatic N) is 3. The highest BCUT2D eigenvalue weighted by molar-refractivity contribution is 5.93. The van der Waals surface area contributed by atoms with E-state index in [1.165, 1.54) is 0 Å². The maximum atomic E-state index is 12.7. The molecule has 4 rings (SSSR count). The highest BCUT2D eigenvalue weighted by atomic mass is 16.5. The smallest absolute Gasteiger partial charge is 0.290 e. The molecular weight excluding hydrogens is 332 g/mol. The van der Waals surface area contributed by atoms with Gasteiger partial charge in [0.05, 0.1) is 30.6 Å². The molecule has 3 heterocycles. The van der Waals surface area contributed by atoms with Crippen molar-refractivity contribution in [3.8, 4) is 0 Å². The molecule has 0 spiro atoms. The summed E-state index contributed by atoms with van der Waals surface area (Å²) in [4.78, 5) is 19.5. The van der Waals surface area contributed by atoms with Gasteiger partial charge in [-0.05, 0) is 37.8 Å². The van der Waals surface area contributed by atoms with E-state index < -0.39 is 0 Å². The van der Waals surface area contributed by atoms with Crippen LogP contribution in [0.1, 0.15) is 46.4 Å². The Kier molecular flexibility index (Phi) is 5.26. The Bertz CT molecular complexity index is 740. The molecule has 1 aliphatic carbocycles. The van der Waals surface area contributed by atoms with Crippen molar-refractivity contribution in [2.24, 2.45) is 0 Å². The number of morpholine rings is 1. The number of pyridine rings is 1. The normalized spacial score (nSPS) is 18.9. The van der Waals surface area contributed by atoms with Crippen molar-refractivity contribution in [2.75, 3.05) is 32.8 Å². The van der Waals surface area contributed by atoms with Crippen LogP contribution >= 0.6 is 0 Å². The van der Waals surface area contributed by atoms with Crippen LogP contribution in [0.25, 0.3) is 0 Å². The van der Waals surface area contributed by atoms with E-state index in [0.29, 0.717) is 25.5 Å². The molecule has 1 amide bonds. The number of aromatic nitrogens is 2. The van der Waals surface area contributed by atoms with Gasteiger partial charge in [0.25, 0.3) is 5.91 Å². The fourth-order valence-electron chi connectivity index (χ4n) is 3.72.